The second-order valence-corrected chi connectivity index (χ2v) is 10.2. The van der Waals surface area contributed by atoms with Crippen LogP contribution in [0, 0.1) is 23.7 Å². The number of methoxy groups -OCH3 is 1. The Hall–Kier alpha value is -1.85. The van der Waals surface area contributed by atoms with E-state index in [1.54, 1.807) is 7.11 Å². The lowest BCUT2D eigenvalue weighted by atomic mass is 9.69. The quantitative estimate of drug-likeness (QED) is 0.635. The average molecular weight is 425 g/mol. The van der Waals surface area contributed by atoms with E-state index in [4.69, 9.17) is 9.72 Å². The summed E-state index contributed by atoms with van der Waals surface area (Å²) in [5.41, 5.74) is 3.62. The minimum absolute atomic E-state index is 0.564. The third-order valence-corrected chi connectivity index (χ3v) is 7.62. The van der Waals surface area contributed by atoms with Gasteiger partial charge in [-0.25, -0.2) is 4.98 Å². The first-order valence-corrected chi connectivity index (χ1v) is 12.1. The lowest BCUT2D eigenvalue weighted by Gasteiger charge is -2.38. The van der Waals surface area contributed by atoms with E-state index in [1.807, 2.05) is 18.2 Å². The molecule has 2 aliphatic rings. The van der Waals surface area contributed by atoms with Crippen molar-refractivity contribution in [2.24, 2.45) is 23.7 Å². The molecule has 0 spiro atoms. The molecule has 5 nitrogen and oxygen atoms in total. The van der Waals surface area contributed by atoms with E-state index >= 15 is 0 Å². The molecule has 1 aliphatic carbocycles. The summed E-state index contributed by atoms with van der Waals surface area (Å²) in [6.45, 7) is 10.7. The lowest BCUT2D eigenvalue weighted by molar-refractivity contribution is 0.197. The van der Waals surface area contributed by atoms with Gasteiger partial charge in [0.25, 0.3) is 0 Å². The molecule has 0 amide bonds. The van der Waals surface area contributed by atoms with Crippen molar-refractivity contribution in [2.75, 3.05) is 33.8 Å². The zero-order chi connectivity index (χ0) is 22.0. The maximum atomic E-state index is 5.36. The van der Waals surface area contributed by atoms with Gasteiger partial charge in [0.15, 0.2) is 0 Å². The monoisotopic (exact) mass is 424 g/mol. The van der Waals surface area contributed by atoms with Crippen LogP contribution in [0.1, 0.15) is 45.9 Å². The second-order valence-electron chi connectivity index (χ2n) is 10.2. The Kier molecular flexibility index (Phi) is 7.02. The number of aromatic amines is 1. The zero-order valence-electron chi connectivity index (χ0n) is 19.9. The van der Waals surface area contributed by atoms with Gasteiger partial charge in [-0.1, -0.05) is 25.5 Å². The molecule has 3 atom stereocenters. The van der Waals surface area contributed by atoms with E-state index in [9.17, 15) is 0 Å². The number of H-pyrrole nitrogens is 1. The maximum absolute atomic E-state index is 5.36. The number of ether oxygens (including phenoxy) is 1. The second kappa shape index (κ2) is 9.74. The summed E-state index contributed by atoms with van der Waals surface area (Å²) in [6.07, 6.45) is 7.36. The molecule has 2 heterocycles. The predicted octanol–water partition coefficient (Wildman–Crippen LogP) is 4.65. The summed E-state index contributed by atoms with van der Waals surface area (Å²) >= 11 is 0. The number of hydrogen-bond donors (Lipinski definition) is 2. The number of nitrogens with one attached hydrogen (secondary N) is 2. The van der Waals surface area contributed by atoms with Gasteiger partial charge >= 0.3 is 0 Å². The molecule has 0 saturated carbocycles. The van der Waals surface area contributed by atoms with Crippen molar-refractivity contribution in [1.29, 1.82) is 0 Å². The van der Waals surface area contributed by atoms with Gasteiger partial charge in [-0.15, -0.1) is 0 Å². The highest BCUT2D eigenvalue weighted by atomic mass is 16.5. The molecule has 2 aromatic rings. The van der Waals surface area contributed by atoms with Gasteiger partial charge in [0.05, 0.1) is 18.1 Å². The number of likely N-dealkylation sites (tertiary alicyclic amines) is 1. The van der Waals surface area contributed by atoms with Gasteiger partial charge < -0.3 is 19.9 Å². The SMILES string of the molecule is COc1ccc2nc(C[C@@H]3C[C@@H](C(C)C)[C@H](CNC4CCN(C)CC4)C=C3C)[nH]c2c1. The minimum atomic E-state index is 0.564. The molecule has 170 valence electrons. The van der Waals surface area contributed by atoms with Crippen LogP contribution in [0.2, 0.25) is 0 Å². The van der Waals surface area contributed by atoms with Gasteiger partial charge in [-0.3, -0.25) is 0 Å². The molecule has 1 aromatic carbocycles. The molecule has 4 rings (SSSR count). The van der Waals surface area contributed by atoms with Crippen molar-refractivity contribution in [1.82, 2.24) is 20.2 Å². The maximum Gasteiger partial charge on any atom is 0.121 e. The van der Waals surface area contributed by atoms with Crippen LogP contribution in [0.3, 0.4) is 0 Å². The fourth-order valence-electron chi connectivity index (χ4n) is 5.52. The molecular formula is C26H40N4O. The first-order chi connectivity index (χ1) is 14.9. The first kappa shape index (κ1) is 22.3. The fraction of sp³-hybridized carbons (Fsp3) is 0.654. The summed E-state index contributed by atoms with van der Waals surface area (Å²) in [6, 6.07) is 6.74. The van der Waals surface area contributed by atoms with E-state index in [0.29, 0.717) is 23.8 Å². The molecule has 0 bridgehead atoms. The van der Waals surface area contributed by atoms with Crippen molar-refractivity contribution >= 4 is 11.0 Å². The Balaban J connectivity index is 1.43. The largest absolute Gasteiger partial charge is 0.497 e. The van der Waals surface area contributed by atoms with Crippen LogP contribution < -0.4 is 10.1 Å². The van der Waals surface area contributed by atoms with Gasteiger partial charge in [0, 0.05) is 25.1 Å². The summed E-state index contributed by atoms with van der Waals surface area (Å²) < 4.78 is 5.36. The van der Waals surface area contributed by atoms with Crippen molar-refractivity contribution in [3.63, 3.8) is 0 Å². The van der Waals surface area contributed by atoms with Crippen LogP contribution in [0.15, 0.2) is 29.8 Å². The van der Waals surface area contributed by atoms with Crippen LogP contribution in [-0.4, -0.2) is 54.7 Å². The van der Waals surface area contributed by atoms with E-state index in [1.165, 1.54) is 37.9 Å². The average Bonchev–Trinajstić information content (AvgIpc) is 3.16. The standard InChI is InChI=1S/C26H40N4O/c1-17(2)23-13-19(14-26-28-24-7-6-22(31-5)15-25(24)29-26)18(3)12-20(23)16-27-21-8-10-30(4)11-9-21/h6-7,12,15,17,19-21,23,27H,8-11,13-14,16H2,1-5H3,(H,28,29)/t19-,20-,23-/m0/s1. The number of hydrogen-bond acceptors (Lipinski definition) is 4. The number of allylic oxidation sites excluding steroid dienone is 1. The molecular weight excluding hydrogens is 384 g/mol. The number of imidazole rings is 1. The van der Waals surface area contributed by atoms with E-state index < -0.39 is 0 Å². The molecule has 1 aromatic heterocycles. The summed E-state index contributed by atoms with van der Waals surface area (Å²) in [7, 11) is 3.94. The molecule has 0 radical (unpaired) electrons. The smallest absolute Gasteiger partial charge is 0.121 e. The normalized spacial score (nSPS) is 25.9. The zero-order valence-corrected chi connectivity index (χ0v) is 19.9. The highest BCUT2D eigenvalue weighted by Gasteiger charge is 2.32. The Morgan fingerprint density at radius 2 is 2.03 bits per heavy atom. The highest BCUT2D eigenvalue weighted by Crippen LogP contribution is 2.38. The molecule has 1 fully saturated rings. The number of fused-ring (bicyclic) bond motifs is 1. The Bertz CT molecular complexity index is 894. The number of piperidine rings is 1. The summed E-state index contributed by atoms with van der Waals surface area (Å²) in [5, 5.41) is 3.91. The van der Waals surface area contributed by atoms with Crippen molar-refractivity contribution in [3.05, 3.63) is 35.7 Å². The van der Waals surface area contributed by atoms with Crippen molar-refractivity contribution in [2.45, 2.75) is 52.5 Å². The van der Waals surface area contributed by atoms with Crippen LogP contribution >= 0.6 is 0 Å². The van der Waals surface area contributed by atoms with Crippen molar-refractivity contribution in [3.8, 4) is 5.75 Å². The Morgan fingerprint density at radius 3 is 2.74 bits per heavy atom. The fourth-order valence-corrected chi connectivity index (χ4v) is 5.52. The Morgan fingerprint density at radius 1 is 1.26 bits per heavy atom. The number of nitrogens with zero attached hydrogens (tertiary/aromatic N) is 2. The van der Waals surface area contributed by atoms with E-state index in [-0.39, 0.29) is 0 Å². The van der Waals surface area contributed by atoms with Gasteiger partial charge in [-0.2, -0.15) is 0 Å². The topological polar surface area (TPSA) is 53.2 Å². The summed E-state index contributed by atoms with van der Waals surface area (Å²) in [4.78, 5) is 10.8. The van der Waals surface area contributed by atoms with Gasteiger partial charge in [0.2, 0.25) is 0 Å². The molecule has 2 N–H and O–H groups in total. The highest BCUT2D eigenvalue weighted by molar-refractivity contribution is 5.76. The number of aromatic nitrogens is 2. The molecule has 31 heavy (non-hydrogen) atoms. The lowest BCUT2D eigenvalue weighted by Crippen LogP contribution is -2.44. The van der Waals surface area contributed by atoms with Crippen LogP contribution in [0.4, 0.5) is 0 Å². The number of rotatable bonds is 7. The Labute approximate surface area is 187 Å². The minimum Gasteiger partial charge on any atom is -0.497 e. The first-order valence-electron chi connectivity index (χ1n) is 12.1. The van der Waals surface area contributed by atoms with Crippen molar-refractivity contribution < 1.29 is 4.74 Å². The van der Waals surface area contributed by atoms with Gasteiger partial charge in [-0.05, 0) is 82.1 Å². The third kappa shape index (κ3) is 5.32. The van der Waals surface area contributed by atoms with Crippen LogP contribution in [0.25, 0.3) is 11.0 Å². The number of benzene rings is 1. The van der Waals surface area contributed by atoms with Crippen LogP contribution in [-0.2, 0) is 6.42 Å². The molecule has 1 saturated heterocycles. The van der Waals surface area contributed by atoms with Crippen LogP contribution in [0.5, 0.6) is 5.75 Å². The molecule has 1 aliphatic heterocycles. The molecule has 5 heteroatoms. The summed E-state index contributed by atoms with van der Waals surface area (Å²) in [5.74, 6) is 4.57. The third-order valence-electron chi connectivity index (χ3n) is 7.62. The van der Waals surface area contributed by atoms with E-state index in [0.717, 1.165) is 41.5 Å². The van der Waals surface area contributed by atoms with E-state index in [2.05, 4.69) is 49.1 Å². The predicted molar refractivity (Wildman–Crippen MR) is 129 cm³/mol. The van der Waals surface area contributed by atoms with Gasteiger partial charge in [0.1, 0.15) is 11.6 Å². The molecule has 0 unspecified atom stereocenters.